The number of hydrogen-bond donors (Lipinski definition) is 4. The molecule has 4 N–H and O–H groups in total. The molecule has 0 aliphatic heterocycles. The van der Waals surface area contributed by atoms with Gasteiger partial charge in [-0.05, 0) is 52.3 Å². The predicted molar refractivity (Wildman–Crippen MR) is 141 cm³/mol. The maximum absolute atomic E-state index is 12.9. The van der Waals surface area contributed by atoms with Crippen LogP contribution in [-0.2, 0) is 16.1 Å². The van der Waals surface area contributed by atoms with E-state index in [1.54, 1.807) is 24.3 Å². The zero-order valence-electron chi connectivity index (χ0n) is 20.9. The summed E-state index contributed by atoms with van der Waals surface area (Å²) in [5.41, 5.74) is 5.79. The molecule has 3 aromatic carbocycles. The quantitative estimate of drug-likeness (QED) is 0.316. The highest BCUT2D eigenvalue weighted by atomic mass is 16.5. The third kappa shape index (κ3) is 6.46. The van der Waals surface area contributed by atoms with Crippen LogP contribution in [0.3, 0.4) is 0 Å². The van der Waals surface area contributed by atoms with Crippen LogP contribution in [-0.4, -0.2) is 35.8 Å². The molecule has 0 heterocycles. The molecule has 0 bridgehead atoms. The molecule has 1 atom stereocenters. The number of rotatable bonds is 9. The van der Waals surface area contributed by atoms with Crippen molar-refractivity contribution in [3.8, 4) is 11.1 Å². The summed E-state index contributed by atoms with van der Waals surface area (Å²) in [6.45, 7) is 4.38. The van der Waals surface area contributed by atoms with Crippen molar-refractivity contribution in [1.29, 1.82) is 0 Å². The number of nitrogens with one attached hydrogen (secondary N) is 3. The first-order chi connectivity index (χ1) is 17.8. The Morgan fingerprint density at radius 3 is 2.05 bits per heavy atom. The van der Waals surface area contributed by atoms with E-state index in [0.29, 0.717) is 12.1 Å². The molecule has 4 rings (SSSR count). The van der Waals surface area contributed by atoms with E-state index >= 15 is 0 Å². The number of anilines is 1. The molecule has 192 valence electrons. The molecule has 8 heteroatoms. The summed E-state index contributed by atoms with van der Waals surface area (Å²) < 4.78 is 5.62. The van der Waals surface area contributed by atoms with E-state index in [2.05, 4.69) is 40.2 Å². The number of alkyl carbamates (subject to hydrolysis) is 1. The molecule has 1 aliphatic carbocycles. The molecule has 3 aromatic rings. The van der Waals surface area contributed by atoms with Crippen molar-refractivity contribution >= 4 is 23.8 Å². The maximum Gasteiger partial charge on any atom is 0.409 e. The number of carbonyl (C=O) groups excluding carboxylic acids is 2. The Hall–Kier alpha value is -4.33. The van der Waals surface area contributed by atoms with Gasteiger partial charge in [0, 0.05) is 18.2 Å². The molecule has 1 aliphatic rings. The van der Waals surface area contributed by atoms with E-state index < -0.39 is 18.2 Å². The van der Waals surface area contributed by atoms with Crippen LogP contribution in [0.4, 0.5) is 15.3 Å². The van der Waals surface area contributed by atoms with Gasteiger partial charge < -0.3 is 20.5 Å². The molecular formula is C29H31N3O5. The fraction of sp³-hybridized carbons (Fsp3) is 0.276. The predicted octanol–water partition coefficient (Wildman–Crippen LogP) is 5.35. The number of carboxylic acid groups (broad SMARTS) is 1. The SMILES string of the molecule is CC(C)CC(NC(=O)OCC1c2ccccc2-c2ccccc21)C(=O)NCc1ccc(NC(=O)O)cc1. The highest BCUT2D eigenvalue weighted by Crippen LogP contribution is 2.44. The van der Waals surface area contributed by atoms with Gasteiger partial charge in [-0.3, -0.25) is 10.1 Å². The van der Waals surface area contributed by atoms with Gasteiger partial charge >= 0.3 is 12.2 Å². The highest BCUT2D eigenvalue weighted by molar-refractivity contribution is 5.86. The Morgan fingerprint density at radius 2 is 1.49 bits per heavy atom. The number of hydrogen-bond acceptors (Lipinski definition) is 4. The number of benzene rings is 3. The van der Waals surface area contributed by atoms with Gasteiger partial charge in [-0.1, -0.05) is 74.5 Å². The fourth-order valence-corrected chi connectivity index (χ4v) is 4.63. The molecule has 0 radical (unpaired) electrons. The van der Waals surface area contributed by atoms with Crippen LogP contribution in [0.15, 0.2) is 72.8 Å². The van der Waals surface area contributed by atoms with E-state index in [0.717, 1.165) is 27.8 Å². The summed E-state index contributed by atoms with van der Waals surface area (Å²) in [7, 11) is 0. The first-order valence-corrected chi connectivity index (χ1v) is 12.3. The minimum Gasteiger partial charge on any atom is -0.465 e. The van der Waals surface area contributed by atoms with Crippen LogP contribution in [0, 0.1) is 5.92 Å². The van der Waals surface area contributed by atoms with Gasteiger partial charge in [-0.15, -0.1) is 0 Å². The lowest BCUT2D eigenvalue weighted by molar-refractivity contribution is -0.123. The second-order valence-electron chi connectivity index (χ2n) is 9.50. The second kappa shape index (κ2) is 11.6. The van der Waals surface area contributed by atoms with Gasteiger partial charge in [0.15, 0.2) is 0 Å². The standard InChI is InChI=1S/C29H31N3O5/c1-18(2)15-26(27(33)30-16-19-11-13-20(14-12-19)31-28(34)35)32-29(36)37-17-25-23-9-5-3-7-21(23)22-8-4-6-10-24(22)25/h3-14,18,25-26,31H,15-17H2,1-2H3,(H,30,33)(H,32,36)(H,34,35). The number of fused-ring (bicyclic) bond motifs is 3. The van der Waals surface area contributed by atoms with Gasteiger partial charge in [0.05, 0.1) is 0 Å². The summed E-state index contributed by atoms with van der Waals surface area (Å²) >= 11 is 0. The third-order valence-corrected chi connectivity index (χ3v) is 6.33. The molecule has 0 saturated heterocycles. The van der Waals surface area contributed by atoms with Crippen LogP contribution in [0.1, 0.15) is 42.9 Å². The van der Waals surface area contributed by atoms with Crippen molar-refractivity contribution in [3.63, 3.8) is 0 Å². The maximum atomic E-state index is 12.9. The summed E-state index contributed by atoms with van der Waals surface area (Å²) in [6, 6.07) is 22.2. The van der Waals surface area contributed by atoms with Crippen molar-refractivity contribution in [1.82, 2.24) is 10.6 Å². The largest absolute Gasteiger partial charge is 0.465 e. The van der Waals surface area contributed by atoms with Crippen LogP contribution in [0.25, 0.3) is 11.1 Å². The highest BCUT2D eigenvalue weighted by Gasteiger charge is 2.30. The first-order valence-electron chi connectivity index (χ1n) is 12.3. The molecule has 0 saturated carbocycles. The van der Waals surface area contributed by atoms with Crippen LogP contribution >= 0.6 is 0 Å². The van der Waals surface area contributed by atoms with Crippen molar-refractivity contribution in [3.05, 3.63) is 89.5 Å². The van der Waals surface area contributed by atoms with E-state index in [-0.39, 0.29) is 30.9 Å². The third-order valence-electron chi connectivity index (χ3n) is 6.33. The Balaban J connectivity index is 1.35. The van der Waals surface area contributed by atoms with Gasteiger partial charge in [-0.25, -0.2) is 9.59 Å². The summed E-state index contributed by atoms with van der Waals surface area (Å²) in [5, 5.41) is 16.6. The molecule has 37 heavy (non-hydrogen) atoms. The van der Waals surface area contributed by atoms with E-state index in [1.807, 2.05) is 38.1 Å². The Kier molecular flexibility index (Phi) is 8.08. The second-order valence-corrected chi connectivity index (χ2v) is 9.50. The lowest BCUT2D eigenvalue weighted by Gasteiger charge is -2.21. The smallest absolute Gasteiger partial charge is 0.409 e. The molecule has 8 nitrogen and oxygen atoms in total. The topological polar surface area (TPSA) is 117 Å². The molecule has 3 amide bonds. The van der Waals surface area contributed by atoms with E-state index in [1.165, 1.54) is 0 Å². The lowest BCUT2D eigenvalue weighted by Crippen LogP contribution is -2.47. The van der Waals surface area contributed by atoms with Crippen LogP contribution < -0.4 is 16.0 Å². The Labute approximate surface area is 216 Å². The Bertz CT molecular complexity index is 1230. The zero-order chi connectivity index (χ0) is 26.4. The molecule has 0 fully saturated rings. The number of amides is 3. The van der Waals surface area contributed by atoms with Gasteiger partial charge in [0.2, 0.25) is 5.91 Å². The Morgan fingerprint density at radius 1 is 0.892 bits per heavy atom. The van der Waals surface area contributed by atoms with Gasteiger partial charge in [0.1, 0.15) is 12.6 Å². The average molecular weight is 502 g/mol. The van der Waals surface area contributed by atoms with Crippen molar-refractivity contribution < 1.29 is 24.2 Å². The van der Waals surface area contributed by atoms with Gasteiger partial charge in [-0.2, -0.15) is 0 Å². The summed E-state index contributed by atoms with van der Waals surface area (Å²) in [6.07, 6.45) is -1.32. The van der Waals surface area contributed by atoms with E-state index in [9.17, 15) is 14.4 Å². The minimum atomic E-state index is -1.14. The molecule has 0 aromatic heterocycles. The van der Waals surface area contributed by atoms with Crippen LogP contribution in [0.2, 0.25) is 0 Å². The molecule has 1 unspecified atom stereocenters. The number of carbonyl (C=O) groups is 3. The fourth-order valence-electron chi connectivity index (χ4n) is 4.63. The lowest BCUT2D eigenvalue weighted by atomic mass is 9.98. The van der Waals surface area contributed by atoms with Crippen LogP contribution in [0.5, 0.6) is 0 Å². The normalized spacial score (nSPS) is 12.8. The molecule has 0 spiro atoms. The first kappa shape index (κ1) is 25.8. The summed E-state index contributed by atoms with van der Waals surface area (Å²) in [5.74, 6) is -0.199. The van der Waals surface area contributed by atoms with Crippen molar-refractivity contribution in [2.75, 3.05) is 11.9 Å². The average Bonchev–Trinajstić information content (AvgIpc) is 3.19. The van der Waals surface area contributed by atoms with E-state index in [4.69, 9.17) is 9.84 Å². The van der Waals surface area contributed by atoms with Crippen molar-refractivity contribution in [2.24, 2.45) is 5.92 Å². The minimum absolute atomic E-state index is 0.0610. The van der Waals surface area contributed by atoms with Crippen molar-refractivity contribution in [2.45, 2.75) is 38.8 Å². The number of ether oxygens (including phenoxy) is 1. The molecular weight excluding hydrogens is 470 g/mol. The zero-order valence-corrected chi connectivity index (χ0v) is 20.9. The monoisotopic (exact) mass is 501 g/mol. The summed E-state index contributed by atoms with van der Waals surface area (Å²) in [4.78, 5) is 36.4. The van der Waals surface area contributed by atoms with Gasteiger partial charge in [0.25, 0.3) is 0 Å².